The van der Waals surface area contributed by atoms with Crippen LogP contribution >= 0.6 is 0 Å². The number of anilines is 1. The smallest absolute Gasteiger partial charge is 0.256 e. The van der Waals surface area contributed by atoms with Crippen molar-refractivity contribution < 1.29 is 18.4 Å². The van der Waals surface area contributed by atoms with Crippen LogP contribution in [-0.2, 0) is 11.3 Å². The second-order valence-corrected chi connectivity index (χ2v) is 7.82. The number of carbonyl (C=O) groups excluding carboxylic acids is 2. The standard InChI is InChI=1S/C26H19FN4O3/c1-15-12-29-19(13-28-15)14-30-25(32)17-4-2-3-16(9-17)24-8-6-20(34-24)11-22-21-10-18(27)5-7-23(21)31-26(22)33/h2-13H,14H2,1H3,(H,30,32)(H,31,33). The van der Waals surface area contributed by atoms with Gasteiger partial charge in [-0.3, -0.25) is 19.6 Å². The zero-order chi connectivity index (χ0) is 23.7. The molecule has 5 rings (SSSR count). The molecule has 34 heavy (non-hydrogen) atoms. The largest absolute Gasteiger partial charge is 0.457 e. The van der Waals surface area contributed by atoms with Gasteiger partial charge >= 0.3 is 0 Å². The molecule has 2 aromatic heterocycles. The third-order valence-electron chi connectivity index (χ3n) is 5.35. The number of furan rings is 1. The molecule has 0 spiro atoms. The Bertz CT molecular complexity index is 1440. The summed E-state index contributed by atoms with van der Waals surface area (Å²) >= 11 is 0. The molecule has 168 valence electrons. The van der Waals surface area contributed by atoms with Gasteiger partial charge in [-0.25, -0.2) is 4.39 Å². The second kappa shape index (κ2) is 8.74. The fourth-order valence-electron chi connectivity index (χ4n) is 3.63. The first-order chi connectivity index (χ1) is 16.5. The van der Waals surface area contributed by atoms with E-state index in [1.54, 1.807) is 48.8 Å². The first kappa shape index (κ1) is 21.3. The number of nitrogens with zero attached hydrogens (tertiary/aromatic N) is 2. The van der Waals surface area contributed by atoms with Crippen LogP contribution in [0.5, 0.6) is 0 Å². The second-order valence-electron chi connectivity index (χ2n) is 7.82. The van der Waals surface area contributed by atoms with Gasteiger partial charge in [0.2, 0.25) is 0 Å². The van der Waals surface area contributed by atoms with Crippen LogP contribution in [0.2, 0.25) is 0 Å². The number of carbonyl (C=O) groups is 2. The van der Waals surface area contributed by atoms with Crippen molar-refractivity contribution in [3.8, 4) is 11.3 Å². The number of fused-ring (bicyclic) bond motifs is 1. The van der Waals surface area contributed by atoms with Gasteiger partial charge in [-0.15, -0.1) is 0 Å². The Balaban J connectivity index is 1.34. The number of rotatable bonds is 5. The van der Waals surface area contributed by atoms with E-state index in [2.05, 4.69) is 20.6 Å². The monoisotopic (exact) mass is 454 g/mol. The van der Waals surface area contributed by atoms with Gasteiger partial charge in [0.15, 0.2) is 0 Å². The third kappa shape index (κ3) is 4.33. The van der Waals surface area contributed by atoms with Gasteiger partial charge in [-0.1, -0.05) is 12.1 Å². The van der Waals surface area contributed by atoms with Crippen LogP contribution in [0.15, 0.2) is 71.4 Å². The van der Waals surface area contributed by atoms with Gasteiger partial charge in [0.1, 0.15) is 17.3 Å². The highest BCUT2D eigenvalue weighted by atomic mass is 19.1. The van der Waals surface area contributed by atoms with Crippen molar-refractivity contribution in [1.82, 2.24) is 15.3 Å². The lowest BCUT2D eigenvalue weighted by atomic mass is 10.1. The number of benzene rings is 2. The van der Waals surface area contributed by atoms with Crippen molar-refractivity contribution in [3.05, 3.63) is 101 Å². The van der Waals surface area contributed by atoms with E-state index in [9.17, 15) is 14.0 Å². The Morgan fingerprint density at radius 2 is 2.00 bits per heavy atom. The molecule has 0 bridgehead atoms. The lowest BCUT2D eigenvalue weighted by molar-refractivity contribution is -0.110. The van der Waals surface area contributed by atoms with Crippen molar-refractivity contribution >= 4 is 29.2 Å². The fourth-order valence-corrected chi connectivity index (χ4v) is 3.63. The number of aryl methyl sites for hydroxylation is 1. The number of hydrogen-bond acceptors (Lipinski definition) is 5. The quantitative estimate of drug-likeness (QED) is 0.430. The molecule has 4 aromatic rings. The molecule has 2 amide bonds. The average molecular weight is 454 g/mol. The van der Waals surface area contributed by atoms with Gasteiger partial charge in [0.25, 0.3) is 11.8 Å². The Labute approximate surface area is 194 Å². The van der Waals surface area contributed by atoms with E-state index in [1.165, 1.54) is 18.2 Å². The van der Waals surface area contributed by atoms with Gasteiger partial charge in [-0.2, -0.15) is 0 Å². The maximum atomic E-state index is 13.7. The minimum Gasteiger partial charge on any atom is -0.457 e. The van der Waals surface area contributed by atoms with Crippen LogP contribution in [0.3, 0.4) is 0 Å². The highest BCUT2D eigenvalue weighted by Gasteiger charge is 2.25. The van der Waals surface area contributed by atoms with Gasteiger partial charge < -0.3 is 15.1 Å². The van der Waals surface area contributed by atoms with Gasteiger partial charge in [-0.05, 0) is 55.5 Å². The molecule has 1 aliphatic rings. The maximum Gasteiger partial charge on any atom is 0.256 e. The highest BCUT2D eigenvalue weighted by Crippen LogP contribution is 2.34. The summed E-state index contributed by atoms with van der Waals surface area (Å²) in [5.41, 5.74) is 4.00. The summed E-state index contributed by atoms with van der Waals surface area (Å²) in [4.78, 5) is 33.3. The highest BCUT2D eigenvalue weighted by molar-refractivity contribution is 6.34. The molecule has 8 heteroatoms. The Morgan fingerprint density at radius 3 is 2.82 bits per heavy atom. The zero-order valence-corrected chi connectivity index (χ0v) is 18.1. The fraction of sp³-hybridized carbons (Fsp3) is 0.0769. The molecule has 0 atom stereocenters. The summed E-state index contributed by atoms with van der Waals surface area (Å²) in [5, 5.41) is 5.54. The molecule has 0 saturated heterocycles. The Morgan fingerprint density at radius 1 is 1.12 bits per heavy atom. The average Bonchev–Trinajstić information content (AvgIpc) is 3.43. The van der Waals surface area contributed by atoms with Crippen LogP contribution in [0.4, 0.5) is 10.1 Å². The summed E-state index contributed by atoms with van der Waals surface area (Å²) in [5.74, 6) is -0.0329. The van der Waals surface area contributed by atoms with Crippen molar-refractivity contribution in [2.45, 2.75) is 13.5 Å². The first-order valence-electron chi connectivity index (χ1n) is 10.6. The molecule has 0 unspecified atom stereocenters. The van der Waals surface area contributed by atoms with E-state index in [4.69, 9.17) is 4.42 Å². The SMILES string of the molecule is Cc1cnc(CNC(=O)c2cccc(-c3ccc(C=C4C(=O)Nc5ccc(F)cc54)o3)c2)cn1. The Kier molecular flexibility index (Phi) is 5.47. The summed E-state index contributed by atoms with van der Waals surface area (Å²) in [6, 6.07) is 14.6. The lowest BCUT2D eigenvalue weighted by Crippen LogP contribution is -2.23. The van der Waals surface area contributed by atoms with Gasteiger partial charge in [0.05, 0.1) is 29.7 Å². The van der Waals surface area contributed by atoms with Crippen molar-refractivity contribution in [1.29, 1.82) is 0 Å². The number of amides is 2. The third-order valence-corrected chi connectivity index (χ3v) is 5.35. The van der Waals surface area contributed by atoms with Crippen LogP contribution < -0.4 is 10.6 Å². The van der Waals surface area contributed by atoms with Crippen molar-refractivity contribution in [2.24, 2.45) is 0 Å². The molecule has 3 heterocycles. The Hall–Kier alpha value is -4.59. The minimum atomic E-state index is -0.425. The van der Waals surface area contributed by atoms with E-state index in [0.717, 1.165) is 5.69 Å². The topological polar surface area (TPSA) is 97.1 Å². The minimum absolute atomic E-state index is 0.251. The van der Waals surface area contributed by atoms with Crippen LogP contribution in [0.25, 0.3) is 23.0 Å². The summed E-state index contributed by atoms with van der Waals surface area (Å²) in [7, 11) is 0. The molecule has 7 nitrogen and oxygen atoms in total. The maximum absolute atomic E-state index is 13.7. The molecule has 0 saturated carbocycles. The van der Waals surface area contributed by atoms with E-state index in [-0.39, 0.29) is 18.4 Å². The molecule has 0 radical (unpaired) electrons. The lowest BCUT2D eigenvalue weighted by Gasteiger charge is -2.06. The zero-order valence-electron chi connectivity index (χ0n) is 18.1. The van der Waals surface area contributed by atoms with E-state index in [0.29, 0.717) is 45.2 Å². The number of nitrogens with one attached hydrogen (secondary N) is 2. The van der Waals surface area contributed by atoms with Crippen LogP contribution in [0.1, 0.15) is 33.1 Å². The molecule has 1 aliphatic heterocycles. The van der Waals surface area contributed by atoms with Crippen LogP contribution in [0, 0.1) is 12.7 Å². The predicted octanol–water partition coefficient (Wildman–Crippen LogP) is 4.61. The molecular weight excluding hydrogens is 435 g/mol. The molecular formula is C26H19FN4O3. The van der Waals surface area contributed by atoms with E-state index in [1.807, 2.05) is 13.0 Å². The summed E-state index contributed by atoms with van der Waals surface area (Å²) in [6.45, 7) is 2.11. The van der Waals surface area contributed by atoms with E-state index < -0.39 is 5.82 Å². The van der Waals surface area contributed by atoms with Crippen molar-refractivity contribution in [2.75, 3.05) is 5.32 Å². The molecule has 0 fully saturated rings. The van der Waals surface area contributed by atoms with E-state index >= 15 is 0 Å². The molecule has 0 aliphatic carbocycles. The summed E-state index contributed by atoms with van der Waals surface area (Å²) in [6.07, 6.45) is 4.85. The normalized spacial score (nSPS) is 13.6. The number of halogens is 1. The number of hydrogen-bond donors (Lipinski definition) is 2. The predicted molar refractivity (Wildman–Crippen MR) is 125 cm³/mol. The number of aromatic nitrogens is 2. The molecule has 2 N–H and O–H groups in total. The first-order valence-corrected chi connectivity index (χ1v) is 10.6. The van der Waals surface area contributed by atoms with Gasteiger partial charge in [0, 0.05) is 28.6 Å². The summed E-state index contributed by atoms with van der Waals surface area (Å²) < 4.78 is 19.6. The molecule has 2 aromatic carbocycles. The van der Waals surface area contributed by atoms with Crippen LogP contribution in [-0.4, -0.2) is 21.8 Å². The van der Waals surface area contributed by atoms with Crippen molar-refractivity contribution in [3.63, 3.8) is 0 Å².